The zero-order chi connectivity index (χ0) is 6.69. The lowest BCUT2D eigenvalue weighted by molar-refractivity contribution is 0.567. The van der Waals surface area contributed by atoms with Crippen LogP contribution in [0.3, 0.4) is 0 Å². The molecule has 0 bridgehead atoms. The molecule has 1 nitrogen and oxygen atoms in total. The Morgan fingerprint density at radius 2 is 2.33 bits per heavy atom. The highest BCUT2D eigenvalue weighted by Gasteiger charge is 1.98. The van der Waals surface area contributed by atoms with E-state index in [0.717, 1.165) is 0 Å². The lowest BCUT2D eigenvalue weighted by atomic mass is 10.1. The molecule has 2 heteroatoms. The fraction of sp³-hybridized carbons (Fsp3) is 0.143. The van der Waals surface area contributed by atoms with Gasteiger partial charge in [0.2, 0.25) is 0 Å². The maximum Gasteiger partial charge on any atom is 0.128 e. The molecule has 0 aliphatic heterocycles. The first-order valence-electron chi connectivity index (χ1n) is 2.60. The van der Waals surface area contributed by atoms with Crippen LogP contribution < -0.4 is 0 Å². The number of halogens is 1. The molecular weight excluding hydrogens is 119 g/mol. The normalized spacial score (nSPS) is 17.0. The van der Waals surface area contributed by atoms with Crippen molar-refractivity contribution >= 4 is 5.94 Å². The number of rotatable bonds is 0. The smallest absolute Gasteiger partial charge is 0.128 e. The second kappa shape index (κ2) is 2.42. The van der Waals surface area contributed by atoms with E-state index in [1.165, 1.54) is 18.2 Å². The molecule has 0 amide bonds. The Kier molecular flexibility index (Phi) is 1.61. The summed E-state index contributed by atoms with van der Waals surface area (Å²) in [6.07, 6.45) is 4.40. The van der Waals surface area contributed by atoms with E-state index in [2.05, 4.69) is 0 Å². The van der Waals surface area contributed by atoms with Crippen molar-refractivity contribution in [3.8, 4) is 0 Å². The van der Waals surface area contributed by atoms with Crippen molar-refractivity contribution < 1.29 is 9.18 Å². The van der Waals surface area contributed by atoms with Gasteiger partial charge in [0, 0.05) is 12.0 Å². The van der Waals surface area contributed by atoms with Gasteiger partial charge in [-0.15, -0.1) is 0 Å². The highest BCUT2D eigenvalue weighted by atomic mass is 19.1. The number of carbonyl (C=O) groups excluding carboxylic acids is 1. The van der Waals surface area contributed by atoms with Crippen LogP contribution >= 0.6 is 0 Å². The molecule has 0 heterocycles. The minimum atomic E-state index is -0.283. The molecule has 1 aliphatic rings. The third kappa shape index (κ3) is 1.37. The Hall–Kier alpha value is -1.14. The molecular formula is C7H5FO. The van der Waals surface area contributed by atoms with Crippen LogP contribution in [-0.4, -0.2) is 5.94 Å². The fourth-order valence-electron chi connectivity index (χ4n) is 0.599. The van der Waals surface area contributed by atoms with Crippen molar-refractivity contribution in [1.82, 2.24) is 0 Å². The summed E-state index contributed by atoms with van der Waals surface area (Å²) in [4.78, 5) is 9.90. The first-order chi connectivity index (χ1) is 4.33. The lowest BCUT2D eigenvalue weighted by Crippen LogP contribution is -1.83. The molecule has 0 unspecified atom stereocenters. The topological polar surface area (TPSA) is 17.1 Å². The van der Waals surface area contributed by atoms with Crippen LogP contribution in [-0.2, 0) is 4.79 Å². The van der Waals surface area contributed by atoms with Gasteiger partial charge in [-0.25, -0.2) is 9.18 Å². The van der Waals surface area contributed by atoms with E-state index in [1.54, 1.807) is 5.94 Å². The maximum atomic E-state index is 12.1. The summed E-state index contributed by atoms with van der Waals surface area (Å²) in [6, 6.07) is 0. The average Bonchev–Trinajstić information content (AvgIpc) is 1.90. The van der Waals surface area contributed by atoms with Gasteiger partial charge >= 0.3 is 0 Å². The van der Waals surface area contributed by atoms with Gasteiger partial charge < -0.3 is 0 Å². The third-order valence-electron chi connectivity index (χ3n) is 1.09. The molecule has 0 saturated heterocycles. The predicted octanol–water partition coefficient (Wildman–Crippen LogP) is 1.56. The van der Waals surface area contributed by atoms with E-state index in [-0.39, 0.29) is 5.83 Å². The molecule has 0 aromatic carbocycles. The molecule has 0 N–H and O–H groups in total. The van der Waals surface area contributed by atoms with Crippen molar-refractivity contribution in [3.05, 3.63) is 29.6 Å². The first kappa shape index (κ1) is 5.99. The van der Waals surface area contributed by atoms with Crippen molar-refractivity contribution in [3.63, 3.8) is 0 Å². The van der Waals surface area contributed by atoms with E-state index in [0.29, 0.717) is 12.0 Å². The highest BCUT2D eigenvalue weighted by Crippen LogP contribution is 2.12. The van der Waals surface area contributed by atoms with E-state index in [4.69, 9.17) is 0 Å². The number of hydrogen-bond acceptors (Lipinski definition) is 1. The molecule has 1 rings (SSSR count). The lowest BCUT2D eigenvalue weighted by Gasteiger charge is -1.96. The van der Waals surface area contributed by atoms with Crippen LogP contribution in [0.1, 0.15) is 6.42 Å². The summed E-state index contributed by atoms with van der Waals surface area (Å²) in [5.41, 5.74) is 0.497. The fourth-order valence-corrected chi connectivity index (χ4v) is 0.599. The Balaban J connectivity index is 2.81. The van der Waals surface area contributed by atoms with Gasteiger partial charge in [-0.2, -0.15) is 0 Å². The summed E-state index contributed by atoms with van der Waals surface area (Å²) in [5, 5.41) is 0. The largest absolute Gasteiger partial charge is 0.233 e. The Labute approximate surface area is 52.2 Å². The van der Waals surface area contributed by atoms with Gasteiger partial charge in [-0.3, -0.25) is 0 Å². The molecule has 9 heavy (non-hydrogen) atoms. The minimum absolute atomic E-state index is 0.283. The third-order valence-corrected chi connectivity index (χ3v) is 1.09. The van der Waals surface area contributed by atoms with Gasteiger partial charge in [0.15, 0.2) is 0 Å². The monoisotopic (exact) mass is 124 g/mol. The van der Waals surface area contributed by atoms with E-state index < -0.39 is 0 Å². The summed E-state index contributed by atoms with van der Waals surface area (Å²) in [5.74, 6) is 1.41. The maximum absolute atomic E-state index is 12.1. The summed E-state index contributed by atoms with van der Waals surface area (Å²) >= 11 is 0. The van der Waals surface area contributed by atoms with E-state index in [1.807, 2.05) is 0 Å². The summed E-state index contributed by atoms with van der Waals surface area (Å²) < 4.78 is 12.1. The second-order valence-corrected chi connectivity index (χ2v) is 1.75. The van der Waals surface area contributed by atoms with E-state index >= 15 is 0 Å². The van der Waals surface area contributed by atoms with Gasteiger partial charge in [0.1, 0.15) is 11.8 Å². The van der Waals surface area contributed by atoms with Gasteiger partial charge in [0.05, 0.1) is 0 Å². The number of allylic oxidation sites excluding steroid dienone is 5. The van der Waals surface area contributed by atoms with Crippen LogP contribution in [0.4, 0.5) is 4.39 Å². The second-order valence-electron chi connectivity index (χ2n) is 1.75. The molecule has 0 atom stereocenters. The molecule has 0 radical (unpaired) electrons. The van der Waals surface area contributed by atoms with Crippen molar-refractivity contribution in [2.45, 2.75) is 6.42 Å². The van der Waals surface area contributed by atoms with Crippen LogP contribution in [0.25, 0.3) is 0 Å². The van der Waals surface area contributed by atoms with Crippen LogP contribution in [0.5, 0.6) is 0 Å². The highest BCUT2D eigenvalue weighted by molar-refractivity contribution is 5.59. The molecule has 0 spiro atoms. The standard InChI is InChI=1S/C7H5FO/c8-7-3-1-6(5-9)2-4-7/h1,3-4H,2H2. The average molecular weight is 124 g/mol. The van der Waals surface area contributed by atoms with Gasteiger partial charge in [-0.05, 0) is 18.2 Å². The molecule has 1 aliphatic carbocycles. The van der Waals surface area contributed by atoms with Crippen molar-refractivity contribution in [1.29, 1.82) is 0 Å². The number of hydrogen-bond donors (Lipinski definition) is 0. The Bertz CT molecular complexity index is 219. The molecule has 0 saturated carbocycles. The van der Waals surface area contributed by atoms with Crippen LogP contribution in [0.2, 0.25) is 0 Å². The van der Waals surface area contributed by atoms with Gasteiger partial charge in [-0.1, -0.05) is 0 Å². The summed E-state index contributed by atoms with van der Waals surface area (Å²) in [7, 11) is 0. The van der Waals surface area contributed by atoms with Crippen molar-refractivity contribution in [2.24, 2.45) is 0 Å². The minimum Gasteiger partial charge on any atom is -0.233 e. The van der Waals surface area contributed by atoms with Crippen LogP contribution in [0.15, 0.2) is 29.6 Å². The predicted molar refractivity (Wildman–Crippen MR) is 32.2 cm³/mol. The Morgan fingerprint density at radius 3 is 2.78 bits per heavy atom. The zero-order valence-corrected chi connectivity index (χ0v) is 4.73. The SMILES string of the molecule is O=C=C1C=CC(F)=CC1. The molecule has 0 aromatic heterocycles. The summed E-state index contributed by atoms with van der Waals surface area (Å²) in [6.45, 7) is 0. The van der Waals surface area contributed by atoms with Gasteiger partial charge in [0.25, 0.3) is 0 Å². The zero-order valence-electron chi connectivity index (χ0n) is 4.73. The molecule has 0 aromatic rings. The molecule has 46 valence electrons. The molecule has 0 fully saturated rings. The quantitative estimate of drug-likeness (QED) is 0.448. The Morgan fingerprint density at radius 1 is 1.56 bits per heavy atom. The van der Waals surface area contributed by atoms with E-state index in [9.17, 15) is 9.18 Å². The first-order valence-corrected chi connectivity index (χ1v) is 2.60. The van der Waals surface area contributed by atoms with Crippen LogP contribution in [0, 0.1) is 0 Å². The van der Waals surface area contributed by atoms with Crippen molar-refractivity contribution in [2.75, 3.05) is 0 Å².